The van der Waals surface area contributed by atoms with Crippen LogP contribution < -0.4 is 148 Å². The van der Waals surface area contributed by atoms with E-state index in [2.05, 4.69) is 0 Å². The molecule has 0 spiro atoms. The fourth-order valence-electron chi connectivity index (χ4n) is 0. The minimum Gasteiger partial charge on any atom is -1.00 e. The van der Waals surface area contributed by atoms with E-state index in [1.807, 2.05) is 0 Å². The topological polar surface area (TPSA) is 0 Å². The first kappa shape index (κ1) is 41.8. The average Bonchev–Trinajstić information content (AvgIpc) is 0. The van der Waals surface area contributed by atoms with Crippen molar-refractivity contribution in [2.45, 2.75) is 0 Å². The molecule has 0 N–H and O–H groups in total. The molecule has 0 aliphatic carbocycles. The molecule has 0 aliphatic heterocycles. The summed E-state index contributed by atoms with van der Waals surface area (Å²) in [7, 11) is 0. The summed E-state index contributed by atoms with van der Waals surface area (Å²) in [5.74, 6) is 0. The van der Waals surface area contributed by atoms with E-state index in [1.54, 1.807) is 0 Å². The van der Waals surface area contributed by atoms with Gasteiger partial charge in [0.1, 0.15) is 0 Å². The quantitative estimate of drug-likeness (QED) is 0.327. The third-order valence-electron chi connectivity index (χ3n) is 0. The van der Waals surface area contributed by atoms with E-state index in [0.29, 0.717) is 0 Å². The molecule has 0 aromatic heterocycles. The second-order valence-electron chi connectivity index (χ2n) is 0. The molecule has 0 saturated heterocycles. The molecular weight excluding hydrogens is 178 g/mol. The third-order valence-corrected chi connectivity index (χ3v) is 0. The predicted molar refractivity (Wildman–Crippen MR) is 5.56 cm³/mol. The summed E-state index contributed by atoms with van der Waals surface area (Å²) in [5.41, 5.74) is 0. The molecule has 0 atom stereocenters. The third kappa shape index (κ3) is 22.7. The summed E-state index contributed by atoms with van der Waals surface area (Å²) in [6.07, 6.45) is 0. The van der Waals surface area contributed by atoms with Crippen molar-refractivity contribution in [2.24, 2.45) is 0 Å². The molecule has 0 heterocycles. The van der Waals surface area contributed by atoms with Gasteiger partial charge in [-0.1, -0.05) is 0 Å². The van der Waals surface area contributed by atoms with Gasteiger partial charge in [0.15, 0.2) is 0 Å². The number of hydrogen-bond acceptors (Lipinski definition) is 0. The Bertz CT molecular complexity index is 14.8. The first-order valence-corrected chi connectivity index (χ1v) is 0. The zero-order valence-corrected chi connectivity index (χ0v) is 16.2. The zero-order chi connectivity index (χ0) is 0. The fourth-order valence-corrected chi connectivity index (χ4v) is 0. The van der Waals surface area contributed by atoms with E-state index in [4.69, 9.17) is 0 Å². The van der Waals surface area contributed by atoms with Crippen LogP contribution in [0.5, 0.6) is 0 Å². The molecule has 0 saturated carbocycles. The molecule has 0 nitrogen and oxygen atoms in total. The van der Waals surface area contributed by atoms with Crippen LogP contribution in [0.4, 0.5) is 0 Å². The summed E-state index contributed by atoms with van der Waals surface area (Å²) in [6.45, 7) is 0. The SMILES string of the molecule is [Cu].[H-].[H-].[H-].[H-].[H-].[Na+].[Na+].[Na+].[Na+].[Na+]. The van der Waals surface area contributed by atoms with Gasteiger partial charge in [-0.15, -0.1) is 0 Å². The van der Waals surface area contributed by atoms with Gasteiger partial charge in [-0.3, -0.25) is 0 Å². The van der Waals surface area contributed by atoms with Crippen LogP contribution in [0.1, 0.15) is 7.13 Å². The summed E-state index contributed by atoms with van der Waals surface area (Å²) in [5, 5.41) is 0. The number of rotatable bonds is 0. The molecule has 0 fully saturated rings. The molecule has 0 amide bonds. The van der Waals surface area contributed by atoms with Crippen LogP contribution in [-0.4, -0.2) is 0 Å². The monoisotopic (exact) mass is 183 g/mol. The predicted octanol–water partition coefficient (Wildman–Crippen LogP) is -14.4. The van der Waals surface area contributed by atoms with Crippen LogP contribution in [0, 0.1) is 0 Å². The van der Waals surface area contributed by atoms with E-state index in [0.717, 1.165) is 0 Å². The molecule has 0 aromatic carbocycles. The Morgan fingerprint density at radius 3 is 0.500 bits per heavy atom. The van der Waals surface area contributed by atoms with Crippen LogP contribution in [0.25, 0.3) is 0 Å². The Morgan fingerprint density at radius 1 is 0.500 bits per heavy atom. The van der Waals surface area contributed by atoms with Crippen molar-refractivity contribution in [3.05, 3.63) is 0 Å². The Kier molecular flexibility index (Phi) is 218. The number of hydrogen-bond donors (Lipinski definition) is 0. The van der Waals surface area contributed by atoms with Gasteiger partial charge in [0.2, 0.25) is 0 Å². The van der Waals surface area contributed by atoms with Crippen molar-refractivity contribution in [1.29, 1.82) is 0 Å². The van der Waals surface area contributed by atoms with Gasteiger partial charge in [0.05, 0.1) is 0 Å². The largest absolute Gasteiger partial charge is 1.00 e. The van der Waals surface area contributed by atoms with Gasteiger partial charge >= 0.3 is 148 Å². The van der Waals surface area contributed by atoms with Gasteiger partial charge in [0, 0.05) is 17.1 Å². The van der Waals surface area contributed by atoms with E-state index < -0.39 is 0 Å². The van der Waals surface area contributed by atoms with Crippen LogP contribution in [0.3, 0.4) is 0 Å². The molecule has 6 heteroatoms. The maximum absolute atomic E-state index is 0. The first-order valence-electron chi connectivity index (χ1n) is 0. The summed E-state index contributed by atoms with van der Waals surface area (Å²) in [6, 6.07) is 0. The van der Waals surface area contributed by atoms with Crippen molar-refractivity contribution >= 4 is 0 Å². The van der Waals surface area contributed by atoms with Gasteiger partial charge in [-0.2, -0.15) is 0 Å². The Morgan fingerprint density at radius 2 is 0.500 bits per heavy atom. The molecule has 0 bridgehead atoms. The van der Waals surface area contributed by atoms with Gasteiger partial charge in [-0.05, 0) is 0 Å². The maximum atomic E-state index is 0. The average molecular weight is 184 g/mol. The molecule has 0 aliphatic rings. The molecule has 0 unspecified atom stereocenters. The summed E-state index contributed by atoms with van der Waals surface area (Å²) < 4.78 is 0. The van der Waals surface area contributed by atoms with Crippen LogP contribution in [-0.2, 0) is 17.1 Å². The fraction of sp³-hybridized carbons (Fsp3) is 0. The molecule has 6 heavy (non-hydrogen) atoms. The maximum Gasteiger partial charge on any atom is 1.00 e. The Labute approximate surface area is 167 Å². The van der Waals surface area contributed by atoms with Crippen molar-refractivity contribution in [3.8, 4) is 0 Å². The van der Waals surface area contributed by atoms with Crippen LogP contribution in [0.15, 0.2) is 0 Å². The summed E-state index contributed by atoms with van der Waals surface area (Å²) >= 11 is 0. The zero-order valence-electron chi connectivity index (χ0n) is 10.3. The first-order chi connectivity index (χ1) is 0. The van der Waals surface area contributed by atoms with Crippen LogP contribution >= 0.6 is 0 Å². The van der Waals surface area contributed by atoms with Crippen molar-refractivity contribution in [2.75, 3.05) is 0 Å². The van der Waals surface area contributed by atoms with Crippen LogP contribution in [0.2, 0.25) is 0 Å². The van der Waals surface area contributed by atoms with Crippen molar-refractivity contribution in [1.82, 2.24) is 0 Å². The molecular formula is H5CuNa5. The Hall–Kier alpha value is 5.52. The molecule has 0 rings (SSSR count). The second-order valence-corrected chi connectivity index (χ2v) is 0. The molecule has 21 valence electrons. The summed E-state index contributed by atoms with van der Waals surface area (Å²) in [4.78, 5) is 0. The minimum absolute atomic E-state index is 0. The van der Waals surface area contributed by atoms with E-state index in [9.17, 15) is 0 Å². The smallest absolute Gasteiger partial charge is 1.00 e. The second kappa shape index (κ2) is 31.3. The molecule has 1 radical (unpaired) electrons. The normalized spacial score (nSPS) is 0. The van der Waals surface area contributed by atoms with Crippen molar-refractivity contribution in [3.63, 3.8) is 0 Å². The van der Waals surface area contributed by atoms with E-state index in [1.165, 1.54) is 0 Å². The standard InChI is InChI=1S/Cu.5Na.5H/q;5*+1;5*-1. The Balaban J connectivity index is 0. The van der Waals surface area contributed by atoms with E-state index >= 15 is 0 Å². The minimum atomic E-state index is 0. The van der Waals surface area contributed by atoms with Crippen molar-refractivity contribution < 1.29 is 172 Å². The van der Waals surface area contributed by atoms with Gasteiger partial charge in [0.25, 0.3) is 0 Å². The van der Waals surface area contributed by atoms with Gasteiger partial charge in [-0.25, -0.2) is 0 Å². The van der Waals surface area contributed by atoms with E-state index in [-0.39, 0.29) is 172 Å². The van der Waals surface area contributed by atoms with Gasteiger partial charge < -0.3 is 7.13 Å². The molecule has 0 aromatic rings.